The van der Waals surface area contributed by atoms with Crippen LogP contribution in [-0.2, 0) is 12.7 Å². The fourth-order valence-electron chi connectivity index (χ4n) is 1.71. The zero-order valence-corrected chi connectivity index (χ0v) is 11.2. The van der Waals surface area contributed by atoms with E-state index in [0.717, 1.165) is 12.1 Å². The second-order valence-corrected chi connectivity index (χ2v) is 4.54. The Balaban J connectivity index is 1.98. The number of nitrogens with one attached hydrogen (secondary N) is 1. The highest BCUT2D eigenvalue weighted by Gasteiger charge is 2.29. The summed E-state index contributed by atoms with van der Waals surface area (Å²) in [6.45, 7) is 1.80. The van der Waals surface area contributed by atoms with E-state index in [2.05, 4.69) is 10.3 Å². The van der Waals surface area contributed by atoms with Crippen LogP contribution in [0.25, 0.3) is 0 Å². The third kappa shape index (κ3) is 4.05. The van der Waals surface area contributed by atoms with Crippen molar-refractivity contribution in [2.24, 2.45) is 0 Å². The lowest BCUT2D eigenvalue weighted by Crippen LogP contribution is -2.06. The molecule has 1 heterocycles. The van der Waals surface area contributed by atoms with Crippen molar-refractivity contribution in [1.29, 1.82) is 0 Å². The van der Waals surface area contributed by atoms with Crippen molar-refractivity contribution >= 4 is 11.6 Å². The van der Waals surface area contributed by atoms with Crippen LogP contribution in [0.1, 0.15) is 28.4 Å². The van der Waals surface area contributed by atoms with Crippen molar-refractivity contribution in [3.63, 3.8) is 0 Å². The quantitative estimate of drug-likeness (QED) is 0.869. The van der Waals surface area contributed by atoms with Gasteiger partial charge in [-0.25, -0.2) is 4.98 Å². The standard InChI is InChI=1S/C15H13F3N2O/c1-10(21)12-4-7-14(20-9-12)19-8-11-2-5-13(6-3-11)15(16,17)18/h2-7,9H,8H2,1H3,(H,19,20). The van der Waals surface area contributed by atoms with Crippen LogP contribution in [0.3, 0.4) is 0 Å². The molecule has 0 aliphatic rings. The van der Waals surface area contributed by atoms with Gasteiger partial charge >= 0.3 is 6.18 Å². The maximum absolute atomic E-state index is 12.4. The summed E-state index contributed by atoms with van der Waals surface area (Å²) in [6.07, 6.45) is -2.87. The molecule has 0 aliphatic carbocycles. The van der Waals surface area contributed by atoms with Crippen LogP contribution in [0.15, 0.2) is 42.6 Å². The molecule has 0 amide bonds. The Morgan fingerprint density at radius 3 is 2.29 bits per heavy atom. The normalized spacial score (nSPS) is 11.2. The molecule has 21 heavy (non-hydrogen) atoms. The van der Waals surface area contributed by atoms with Crippen molar-refractivity contribution in [2.45, 2.75) is 19.6 Å². The number of rotatable bonds is 4. The van der Waals surface area contributed by atoms with Gasteiger partial charge in [0.2, 0.25) is 0 Å². The van der Waals surface area contributed by atoms with E-state index in [1.165, 1.54) is 25.3 Å². The lowest BCUT2D eigenvalue weighted by Gasteiger charge is -2.09. The minimum Gasteiger partial charge on any atom is -0.366 e. The highest BCUT2D eigenvalue weighted by molar-refractivity contribution is 5.93. The molecular weight excluding hydrogens is 281 g/mol. The van der Waals surface area contributed by atoms with Crippen LogP contribution in [0, 0.1) is 0 Å². The Morgan fingerprint density at radius 2 is 1.81 bits per heavy atom. The molecule has 0 aliphatic heterocycles. The average molecular weight is 294 g/mol. The zero-order valence-electron chi connectivity index (χ0n) is 11.2. The van der Waals surface area contributed by atoms with Crippen molar-refractivity contribution in [3.8, 4) is 0 Å². The van der Waals surface area contributed by atoms with Gasteiger partial charge in [-0.3, -0.25) is 4.79 Å². The van der Waals surface area contributed by atoms with Crippen LogP contribution in [0.2, 0.25) is 0 Å². The van der Waals surface area contributed by atoms with Gasteiger partial charge in [-0.15, -0.1) is 0 Å². The Kier molecular flexibility index (Phi) is 4.26. The van der Waals surface area contributed by atoms with Gasteiger partial charge in [-0.2, -0.15) is 13.2 Å². The van der Waals surface area contributed by atoms with E-state index < -0.39 is 11.7 Å². The Bertz CT molecular complexity index is 619. The van der Waals surface area contributed by atoms with E-state index in [4.69, 9.17) is 0 Å². The molecule has 1 N–H and O–H groups in total. The predicted molar refractivity (Wildman–Crippen MR) is 73.0 cm³/mol. The lowest BCUT2D eigenvalue weighted by atomic mass is 10.1. The third-order valence-corrected chi connectivity index (χ3v) is 2.92. The van der Waals surface area contributed by atoms with Gasteiger partial charge < -0.3 is 5.32 Å². The minimum atomic E-state index is -4.32. The summed E-state index contributed by atoms with van der Waals surface area (Å²) in [5.41, 5.74) is 0.547. The molecule has 0 saturated carbocycles. The molecule has 3 nitrogen and oxygen atoms in total. The van der Waals surface area contributed by atoms with E-state index in [1.54, 1.807) is 12.1 Å². The number of aromatic nitrogens is 1. The summed E-state index contributed by atoms with van der Waals surface area (Å²) in [4.78, 5) is 15.2. The summed E-state index contributed by atoms with van der Waals surface area (Å²) < 4.78 is 37.3. The molecule has 0 spiro atoms. The Labute approximate surface area is 119 Å². The zero-order chi connectivity index (χ0) is 15.5. The molecule has 110 valence electrons. The van der Waals surface area contributed by atoms with Crippen molar-refractivity contribution in [3.05, 3.63) is 59.3 Å². The van der Waals surface area contributed by atoms with E-state index in [1.807, 2.05) is 0 Å². The number of benzene rings is 1. The molecule has 1 aromatic heterocycles. The van der Waals surface area contributed by atoms with Gasteiger partial charge in [-0.1, -0.05) is 12.1 Å². The molecular formula is C15H13F3N2O. The number of halogens is 3. The van der Waals surface area contributed by atoms with Crippen LogP contribution in [-0.4, -0.2) is 10.8 Å². The van der Waals surface area contributed by atoms with Crippen molar-refractivity contribution in [1.82, 2.24) is 4.98 Å². The first-order valence-electron chi connectivity index (χ1n) is 6.23. The first kappa shape index (κ1) is 15.0. The van der Waals surface area contributed by atoms with Crippen molar-refractivity contribution in [2.75, 3.05) is 5.32 Å². The fourth-order valence-corrected chi connectivity index (χ4v) is 1.71. The topological polar surface area (TPSA) is 42.0 Å². The first-order chi connectivity index (χ1) is 9.86. The second kappa shape index (κ2) is 5.95. The second-order valence-electron chi connectivity index (χ2n) is 4.54. The minimum absolute atomic E-state index is 0.0724. The number of carbonyl (C=O) groups is 1. The summed E-state index contributed by atoms with van der Waals surface area (Å²) in [7, 11) is 0. The summed E-state index contributed by atoms with van der Waals surface area (Å²) >= 11 is 0. The molecule has 0 unspecified atom stereocenters. The fraction of sp³-hybridized carbons (Fsp3) is 0.200. The van der Waals surface area contributed by atoms with E-state index in [-0.39, 0.29) is 5.78 Å². The Morgan fingerprint density at radius 1 is 1.14 bits per heavy atom. The molecule has 1 aromatic carbocycles. The van der Waals surface area contributed by atoms with Crippen LogP contribution >= 0.6 is 0 Å². The molecule has 0 fully saturated rings. The molecule has 0 atom stereocenters. The predicted octanol–water partition coefficient (Wildman–Crippen LogP) is 3.92. The smallest absolute Gasteiger partial charge is 0.366 e. The Hall–Kier alpha value is -2.37. The molecule has 2 aromatic rings. The van der Waals surface area contributed by atoms with Crippen LogP contribution < -0.4 is 5.32 Å². The number of anilines is 1. The lowest BCUT2D eigenvalue weighted by molar-refractivity contribution is -0.137. The van der Waals surface area contributed by atoms with E-state index in [9.17, 15) is 18.0 Å². The molecule has 0 radical (unpaired) electrons. The van der Waals surface area contributed by atoms with Gasteiger partial charge in [0.1, 0.15) is 5.82 Å². The van der Waals surface area contributed by atoms with E-state index in [0.29, 0.717) is 23.5 Å². The number of hydrogen-bond donors (Lipinski definition) is 1. The third-order valence-electron chi connectivity index (χ3n) is 2.92. The molecule has 2 rings (SSSR count). The summed E-state index contributed by atoms with van der Waals surface area (Å²) in [5.74, 6) is 0.483. The number of nitrogens with zero attached hydrogens (tertiary/aromatic N) is 1. The summed E-state index contributed by atoms with van der Waals surface area (Å²) in [5, 5.41) is 2.98. The number of pyridine rings is 1. The molecule has 0 bridgehead atoms. The SMILES string of the molecule is CC(=O)c1ccc(NCc2ccc(C(F)(F)F)cc2)nc1. The van der Waals surface area contributed by atoms with E-state index >= 15 is 0 Å². The largest absolute Gasteiger partial charge is 0.416 e. The van der Waals surface area contributed by atoms with Gasteiger partial charge in [0.15, 0.2) is 5.78 Å². The number of Topliss-reactive ketones (excluding diaryl/α,β-unsaturated/α-hetero) is 1. The van der Waals surface area contributed by atoms with Crippen LogP contribution in [0.4, 0.5) is 19.0 Å². The van der Waals surface area contributed by atoms with Gasteiger partial charge in [0.25, 0.3) is 0 Å². The first-order valence-corrected chi connectivity index (χ1v) is 6.23. The van der Waals surface area contributed by atoms with Gasteiger partial charge in [0.05, 0.1) is 5.56 Å². The monoisotopic (exact) mass is 294 g/mol. The number of alkyl halides is 3. The number of hydrogen-bond acceptors (Lipinski definition) is 3. The number of carbonyl (C=O) groups excluding carboxylic acids is 1. The highest BCUT2D eigenvalue weighted by atomic mass is 19.4. The molecule has 0 saturated heterocycles. The maximum Gasteiger partial charge on any atom is 0.416 e. The van der Waals surface area contributed by atoms with Crippen molar-refractivity contribution < 1.29 is 18.0 Å². The van der Waals surface area contributed by atoms with Gasteiger partial charge in [0, 0.05) is 18.3 Å². The summed E-state index contributed by atoms with van der Waals surface area (Å²) in [6, 6.07) is 8.22. The average Bonchev–Trinajstić information content (AvgIpc) is 2.45. The van der Waals surface area contributed by atoms with Gasteiger partial charge in [-0.05, 0) is 36.8 Å². The van der Waals surface area contributed by atoms with Crippen LogP contribution in [0.5, 0.6) is 0 Å². The highest BCUT2D eigenvalue weighted by Crippen LogP contribution is 2.29. The maximum atomic E-state index is 12.4. The molecule has 6 heteroatoms. The number of ketones is 1.